The highest BCUT2D eigenvalue weighted by Gasteiger charge is 2.57. The first kappa shape index (κ1) is 27.3. The van der Waals surface area contributed by atoms with Crippen molar-refractivity contribution in [1.82, 2.24) is 39.7 Å². The Bertz CT molecular complexity index is 2060. The highest BCUT2D eigenvalue weighted by Crippen LogP contribution is 2.54. The van der Waals surface area contributed by atoms with Crippen molar-refractivity contribution in [2.75, 3.05) is 0 Å². The van der Waals surface area contributed by atoms with Crippen molar-refractivity contribution in [3.8, 4) is 22.5 Å². The van der Waals surface area contributed by atoms with E-state index in [1.807, 2.05) is 56.0 Å². The second-order valence-corrected chi connectivity index (χ2v) is 14.2. The average Bonchev–Trinajstić information content (AvgIpc) is 3.64. The van der Waals surface area contributed by atoms with Gasteiger partial charge in [-0.15, -0.1) is 0 Å². The zero-order valence-corrected chi connectivity index (χ0v) is 25.8. The number of nitrogens with zero attached hydrogens (tertiary/aromatic N) is 6. The van der Waals surface area contributed by atoms with Crippen LogP contribution in [0.5, 0.6) is 0 Å². The maximum Gasteiger partial charge on any atom is 0.411 e. The number of likely N-dealkylation sites (tertiary alicyclic amines) is 2. The van der Waals surface area contributed by atoms with E-state index in [2.05, 4.69) is 21.0 Å². The van der Waals surface area contributed by atoms with Crippen LogP contribution in [-0.2, 0) is 4.74 Å². The zero-order chi connectivity index (χ0) is 31.5. The Kier molecular flexibility index (Phi) is 5.65. The van der Waals surface area contributed by atoms with Gasteiger partial charge in [0.15, 0.2) is 0 Å². The molecule has 0 radical (unpaired) electrons. The molecule has 2 aliphatic carbocycles. The molecule has 3 N–H and O–H groups in total. The molecule has 5 heterocycles. The number of piperidine rings is 2. The van der Waals surface area contributed by atoms with Crippen molar-refractivity contribution >= 4 is 34.3 Å². The van der Waals surface area contributed by atoms with Gasteiger partial charge in [-0.3, -0.25) is 14.8 Å². The molecule has 12 heteroatoms. The van der Waals surface area contributed by atoms with Crippen molar-refractivity contribution in [3.63, 3.8) is 0 Å². The molecule has 2 aromatic carbocycles. The van der Waals surface area contributed by atoms with Crippen LogP contribution in [0.1, 0.15) is 70.2 Å². The number of aromatic nitrogens is 6. The van der Waals surface area contributed by atoms with Crippen LogP contribution in [0.25, 0.3) is 44.6 Å². The first-order valence-electron chi connectivity index (χ1n) is 15.9. The molecule has 3 unspecified atom stereocenters. The minimum atomic E-state index is -0.892. The van der Waals surface area contributed by atoms with Crippen molar-refractivity contribution in [2.24, 2.45) is 11.8 Å². The topological polar surface area (TPSA) is 153 Å². The average molecular weight is 619 g/mol. The summed E-state index contributed by atoms with van der Waals surface area (Å²) >= 11 is 0. The summed E-state index contributed by atoms with van der Waals surface area (Å²) in [6.45, 7) is 5.68. The number of hydrogen-bond acceptors (Lipinski definition) is 7. The van der Waals surface area contributed by atoms with Crippen LogP contribution in [0.4, 0.5) is 9.59 Å². The predicted octanol–water partition coefficient (Wildman–Crippen LogP) is 6.45. The first-order valence-corrected chi connectivity index (χ1v) is 15.9. The van der Waals surface area contributed by atoms with Gasteiger partial charge in [-0.1, -0.05) is 12.1 Å². The predicted molar refractivity (Wildman–Crippen MR) is 169 cm³/mol. The summed E-state index contributed by atoms with van der Waals surface area (Å²) in [4.78, 5) is 54.1. The van der Waals surface area contributed by atoms with Gasteiger partial charge in [0.2, 0.25) is 0 Å². The molecule has 9 rings (SSSR count). The molecule has 5 aromatic rings. The van der Waals surface area contributed by atoms with E-state index in [0.29, 0.717) is 29.0 Å². The summed E-state index contributed by atoms with van der Waals surface area (Å²) in [7, 11) is 0. The lowest BCUT2D eigenvalue weighted by Gasteiger charge is -2.29. The van der Waals surface area contributed by atoms with E-state index in [1.165, 1.54) is 4.90 Å². The van der Waals surface area contributed by atoms with Crippen molar-refractivity contribution < 1.29 is 19.4 Å². The van der Waals surface area contributed by atoms with Crippen LogP contribution >= 0.6 is 0 Å². The van der Waals surface area contributed by atoms with Crippen LogP contribution in [0.2, 0.25) is 0 Å². The Balaban J connectivity index is 0.959. The molecule has 2 saturated carbocycles. The van der Waals surface area contributed by atoms with Gasteiger partial charge in [0.05, 0.1) is 52.2 Å². The second kappa shape index (κ2) is 9.51. The first-order chi connectivity index (χ1) is 22.1. The Labute approximate surface area is 264 Å². The third-order valence-corrected chi connectivity index (χ3v) is 9.91. The number of carboxylic acid groups (broad SMARTS) is 1. The summed E-state index contributed by atoms with van der Waals surface area (Å²) in [6.07, 6.45) is 5.93. The molecule has 12 nitrogen and oxygen atoms in total. The fraction of sp³-hybridized carbons (Fsp3) is 0.412. The molecule has 3 aromatic heterocycles. The highest BCUT2D eigenvalue weighted by atomic mass is 16.6. The fourth-order valence-electron chi connectivity index (χ4n) is 7.58. The molecule has 4 aliphatic rings. The molecule has 4 fully saturated rings. The Morgan fingerprint density at radius 3 is 2.24 bits per heavy atom. The normalized spacial score (nSPS) is 26.4. The van der Waals surface area contributed by atoms with Crippen molar-refractivity contribution in [2.45, 2.75) is 76.2 Å². The minimum absolute atomic E-state index is 0.119. The molecule has 0 spiro atoms. The molecule has 0 bridgehead atoms. The number of carbonyl (C=O) groups is 2. The molecule has 2 saturated heterocycles. The maximum absolute atomic E-state index is 13.1. The van der Waals surface area contributed by atoms with Gasteiger partial charge in [-0.2, -0.15) is 0 Å². The molecule has 6 atom stereocenters. The van der Waals surface area contributed by atoms with Gasteiger partial charge >= 0.3 is 12.2 Å². The number of fused-ring (bicyclic) bond motifs is 4. The second-order valence-electron chi connectivity index (χ2n) is 14.2. The zero-order valence-electron chi connectivity index (χ0n) is 25.8. The smallest absolute Gasteiger partial charge is 0.411 e. The number of hydrogen-bond donors (Lipinski definition) is 3. The van der Waals surface area contributed by atoms with Gasteiger partial charge in [0.1, 0.15) is 22.9 Å². The number of nitrogens with one attached hydrogen (secondary N) is 2. The number of H-pyrrole nitrogens is 2. The summed E-state index contributed by atoms with van der Waals surface area (Å²) in [5, 5.41) is 9.70. The number of rotatable bonds is 4. The van der Waals surface area contributed by atoms with Gasteiger partial charge in [-0.05, 0) is 93.7 Å². The summed E-state index contributed by atoms with van der Waals surface area (Å²) < 4.78 is 5.74. The lowest BCUT2D eigenvalue weighted by molar-refractivity contribution is 0.0175. The Morgan fingerprint density at radius 2 is 1.50 bits per heavy atom. The van der Waals surface area contributed by atoms with Gasteiger partial charge in [0, 0.05) is 12.1 Å². The van der Waals surface area contributed by atoms with E-state index >= 15 is 0 Å². The third kappa shape index (κ3) is 4.49. The van der Waals surface area contributed by atoms with E-state index in [-0.39, 0.29) is 30.3 Å². The number of ether oxygens (including phenoxy) is 1. The van der Waals surface area contributed by atoms with Crippen LogP contribution in [0.3, 0.4) is 0 Å². The van der Waals surface area contributed by atoms with Gasteiger partial charge in [-0.25, -0.2) is 24.5 Å². The summed E-state index contributed by atoms with van der Waals surface area (Å²) in [5.41, 5.74) is 6.12. The number of aromatic amines is 2. The number of imidazole rings is 2. The largest absolute Gasteiger partial charge is 0.465 e. The molecule has 234 valence electrons. The quantitative estimate of drug-likeness (QED) is 0.208. The lowest BCUT2D eigenvalue weighted by Crippen LogP contribution is -2.38. The number of benzene rings is 2. The molecule has 46 heavy (non-hydrogen) atoms. The summed E-state index contributed by atoms with van der Waals surface area (Å²) in [6, 6.07) is 12.1. The molecular formula is C34H34N8O4. The third-order valence-electron chi connectivity index (χ3n) is 9.91. The van der Waals surface area contributed by atoms with E-state index in [0.717, 1.165) is 64.7 Å². The SMILES string of the molecule is CC(C)(C)OC(=O)N1[C@@H]2C[C@@H]2C[C@H]1c1nc2ccc(-c3ccc4nc(-c5cnc(C6CC7CC7N6C(=O)O)[nH]5)cnc4c3)cc2[nH]1. The lowest BCUT2D eigenvalue weighted by atomic mass is 10.0. The Morgan fingerprint density at radius 1 is 0.804 bits per heavy atom. The van der Waals surface area contributed by atoms with Crippen LogP contribution in [0.15, 0.2) is 48.8 Å². The van der Waals surface area contributed by atoms with E-state index in [1.54, 1.807) is 12.4 Å². The van der Waals surface area contributed by atoms with Crippen molar-refractivity contribution in [3.05, 3.63) is 60.4 Å². The Hall–Kier alpha value is -5.00. The van der Waals surface area contributed by atoms with Crippen molar-refractivity contribution in [1.29, 1.82) is 0 Å². The van der Waals surface area contributed by atoms with Gasteiger partial charge < -0.3 is 19.8 Å². The minimum Gasteiger partial charge on any atom is -0.465 e. The van der Waals surface area contributed by atoms with E-state index < -0.39 is 11.7 Å². The molecule has 2 aliphatic heterocycles. The van der Waals surface area contributed by atoms with Crippen LogP contribution < -0.4 is 0 Å². The summed E-state index contributed by atoms with van der Waals surface area (Å²) in [5.74, 6) is 2.40. The van der Waals surface area contributed by atoms with E-state index in [9.17, 15) is 14.7 Å². The molecule has 2 amide bonds. The van der Waals surface area contributed by atoms with Crippen LogP contribution in [0, 0.1) is 11.8 Å². The molecular weight excluding hydrogens is 584 g/mol. The van der Waals surface area contributed by atoms with Crippen LogP contribution in [-0.4, -0.2) is 74.7 Å². The fourth-order valence-corrected chi connectivity index (χ4v) is 7.58. The highest BCUT2D eigenvalue weighted by molar-refractivity contribution is 5.86. The standard InChI is InChI=1S/C34H34N8O4/c1-34(2,3)46-33(45)42-27-11-19(27)13-29(42)31-38-21-7-5-17(9-23(21)39-31)16-4-6-20-22(8-16)35-14-24(37-20)25-15-36-30(40-25)28-12-18-10-26(18)41(28)32(43)44/h4-9,14-15,18-19,26-29H,10-13H2,1-3H3,(H,36,40)(H,38,39)(H,43,44)/t18?,19-,26?,27-,28?,29+/m1/s1. The maximum atomic E-state index is 13.1. The monoisotopic (exact) mass is 618 g/mol. The van der Waals surface area contributed by atoms with E-state index in [4.69, 9.17) is 19.7 Å². The number of carbonyl (C=O) groups excluding carboxylic acids is 1. The number of amides is 2. The van der Waals surface area contributed by atoms with Gasteiger partial charge in [0.25, 0.3) is 0 Å².